The van der Waals surface area contributed by atoms with Gasteiger partial charge in [-0.25, -0.2) is 0 Å². The minimum atomic E-state index is -0.908. The molecule has 0 spiro atoms. The van der Waals surface area contributed by atoms with Crippen molar-refractivity contribution in [3.63, 3.8) is 0 Å². The summed E-state index contributed by atoms with van der Waals surface area (Å²) in [6.45, 7) is 0. The predicted octanol–water partition coefficient (Wildman–Crippen LogP) is 2.78. The summed E-state index contributed by atoms with van der Waals surface area (Å²) >= 11 is 7.47. The average Bonchev–Trinajstić information content (AvgIpc) is 2.79. The normalized spacial score (nSPS) is 47.1. The van der Waals surface area contributed by atoms with E-state index in [1.165, 1.54) is 0 Å². The molecule has 0 amide bonds. The van der Waals surface area contributed by atoms with E-state index >= 15 is 0 Å². The molecular formula is C15H14Br2O2. The Morgan fingerprint density at radius 1 is 1.16 bits per heavy atom. The maximum Gasteiger partial charge on any atom is 0.144 e. The van der Waals surface area contributed by atoms with Gasteiger partial charge in [0, 0.05) is 17.2 Å². The van der Waals surface area contributed by atoms with E-state index in [2.05, 4.69) is 31.9 Å². The van der Waals surface area contributed by atoms with Gasteiger partial charge in [-0.3, -0.25) is 4.79 Å². The van der Waals surface area contributed by atoms with Gasteiger partial charge in [-0.15, -0.1) is 0 Å². The van der Waals surface area contributed by atoms with Gasteiger partial charge in [-0.05, 0) is 24.0 Å². The van der Waals surface area contributed by atoms with E-state index < -0.39 is 5.60 Å². The first-order valence-electron chi connectivity index (χ1n) is 6.58. The fraction of sp³-hybridized carbons (Fsp3) is 0.533. The van der Waals surface area contributed by atoms with Crippen LogP contribution in [0.15, 0.2) is 24.3 Å². The fourth-order valence-corrected chi connectivity index (χ4v) is 7.02. The minimum absolute atomic E-state index is 0.0959. The third-order valence-electron chi connectivity index (χ3n) is 5.04. The van der Waals surface area contributed by atoms with E-state index in [9.17, 15) is 9.90 Å². The largest absolute Gasteiger partial charge is 0.389 e. The van der Waals surface area contributed by atoms with Crippen LogP contribution in [0.3, 0.4) is 0 Å². The molecule has 19 heavy (non-hydrogen) atoms. The second kappa shape index (κ2) is 3.52. The van der Waals surface area contributed by atoms with E-state index in [-0.39, 0.29) is 20.3 Å². The van der Waals surface area contributed by atoms with Crippen LogP contribution < -0.4 is 0 Å². The lowest BCUT2D eigenvalue weighted by Crippen LogP contribution is -2.44. The predicted molar refractivity (Wildman–Crippen MR) is 79.8 cm³/mol. The number of fused-ring (bicyclic) bond motifs is 4. The standard InChI is InChI=1S/C15H14Br2O2/c16-14-7-13(19)6-10-4-2-1-3-9(10)5-11(18)12(13)15(14,17)8-14/h1-4,12,19H,5-8H2/t12-,13+,14-,15-/m0/s1. The zero-order valence-corrected chi connectivity index (χ0v) is 13.5. The van der Waals surface area contributed by atoms with Gasteiger partial charge >= 0.3 is 0 Å². The number of carbonyl (C=O) groups excluding carboxylic acids is 1. The lowest BCUT2D eigenvalue weighted by molar-refractivity contribution is -0.129. The number of hydrogen-bond donors (Lipinski definition) is 1. The van der Waals surface area contributed by atoms with E-state index in [1.54, 1.807) is 0 Å². The van der Waals surface area contributed by atoms with Gasteiger partial charge in [0.05, 0.1) is 15.8 Å². The van der Waals surface area contributed by atoms with E-state index in [1.807, 2.05) is 24.3 Å². The molecule has 4 atom stereocenters. The summed E-state index contributed by atoms with van der Waals surface area (Å²) in [4.78, 5) is 12.6. The molecule has 0 bridgehead atoms. The average molecular weight is 386 g/mol. The van der Waals surface area contributed by atoms with Crippen molar-refractivity contribution in [3.8, 4) is 0 Å². The molecule has 3 aliphatic rings. The molecular weight excluding hydrogens is 372 g/mol. The SMILES string of the molecule is O=C1Cc2ccccc2C[C@@]2(O)C[C@]3(Br)C[C@]3(Br)[C@@H]12. The fourth-order valence-electron chi connectivity index (χ4n) is 4.19. The van der Waals surface area contributed by atoms with Crippen LogP contribution >= 0.6 is 31.9 Å². The van der Waals surface area contributed by atoms with Gasteiger partial charge in [0.25, 0.3) is 0 Å². The van der Waals surface area contributed by atoms with Gasteiger partial charge in [0.2, 0.25) is 0 Å². The Labute approximate surface area is 128 Å². The molecule has 2 nitrogen and oxygen atoms in total. The Bertz CT molecular complexity index is 602. The first-order chi connectivity index (χ1) is 8.88. The number of Topliss-reactive ketones (excluding diaryl/α,β-unsaturated/α-hetero) is 1. The molecule has 1 aromatic carbocycles. The van der Waals surface area contributed by atoms with E-state index in [0.29, 0.717) is 19.3 Å². The summed E-state index contributed by atoms with van der Waals surface area (Å²) in [6, 6.07) is 7.99. The van der Waals surface area contributed by atoms with Crippen LogP contribution in [-0.4, -0.2) is 25.1 Å². The van der Waals surface area contributed by atoms with Crippen molar-refractivity contribution >= 4 is 37.6 Å². The third-order valence-corrected chi connectivity index (χ3v) is 8.34. The topological polar surface area (TPSA) is 37.3 Å². The third kappa shape index (κ3) is 1.48. The maximum absolute atomic E-state index is 12.6. The number of aliphatic hydroxyl groups is 1. The molecule has 3 aliphatic carbocycles. The summed E-state index contributed by atoms with van der Waals surface area (Å²) in [5.41, 5.74) is 1.29. The maximum atomic E-state index is 12.6. The molecule has 1 aromatic rings. The zero-order valence-electron chi connectivity index (χ0n) is 10.3. The van der Waals surface area contributed by atoms with Gasteiger partial charge in [0.1, 0.15) is 5.78 Å². The molecule has 4 heteroatoms. The molecule has 4 rings (SSSR count). The quantitative estimate of drug-likeness (QED) is 0.697. The molecule has 2 fully saturated rings. The van der Waals surface area contributed by atoms with Crippen LogP contribution in [0.1, 0.15) is 24.0 Å². The van der Waals surface area contributed by atoms with Crippen molar-refractivity contribution in [1.82, 2.24) is 0 Å². The minimum Gasteiger partial charge on any atom is -0.389 e. The molecule has 0 unspecified atom stereocenters. The summed E-state index contributed by atoms with van der Waals surface area (Å²) in [5.74, 6) is -0.130. The van der Waals surface area contributed by atoms with Crippen LogP contribution in [0.4, 0.5) is 0 Å². The van der Waals surface area contributed by atoms with Gasteiger partial charge in [-0.1, -0.05) is 56.1 Å². The van der Waals surface area contributed by atoms with E-state index in [4.69, 9.17) is 0 Å². The molecule has 0 radical (unpaired) electrons. The second-order valence-electron chi connectivity index (χ2n) is 6.31. The Morgan fingerprint density at radius 3 is 2.58 bits per heavy atom. The Morgan fingerprint density at radius 2 is 1.84 bits per heavy atom. The first kappa shape index (κ1) is 12.5. The Balaban J connectivity index is 1.85. The summed E-state index contributed by atoms with van der Waals surface area (Å²) in [5, 5.41) is 11.1. The van der Waals surface area contributed by atoms with Crippen LogP contribution in [0.5, 0.6) is 0 Å². The summed E-state index contributed by atoms with van der Waals surface area (Å²) in [6.07, 6.45) is 2.60. The molecule has 2 saturated carbocycles. The van der Waals surface area contributed by atoms with Gasteiger partial charge < -0.3 is 5.11 Å². The molecule has 0 aromatic heterocycles. The van der Waals surface area contributed by atoms with Crippen molar-refractivity contribution in [2.24, 2.45) is 5.92 Å². The number of ketones is 1. The van der Waals surface area contributed by atoms with Crippen LogP contribution in [0, 0.1) is 5.92 Å². The first-order valence-corrected chi connectivity index (χ1v) is 8.16. The highest BCUT2D eigenvalue weighted by molar-refractivity contribution is 9.13. The number of halogens is 2. The summed E-state index contributed by atoms with van der Waals surface area (Å²) < 4.78 is -0.338. The second-order valence-corrected chi connectivity index (χ2v) is 9.24. The van der Waals surface area contributed by atoms with Gasteiger partial charge in [-0.2, -0.15) is 0 Å². The molecule has 1 N–H and O–H groups in total. The van der Waals surface area contributed by atoms with Crippen molar-refractivity contribution in [1.29, 1.82) is 0 Å². The number of hydrogen-bond acceptors (Lipinski definition) is 2. The molecule has 0 heterocycles. The molecule has 0 saturated heterocycles. The van der Waals surface area contributed by atoms with Crippen LogP contribution in [0.25, 0.3) is 0 Å². The van der Waals surface area contributed by atoms with Crippen LogP contribution in [0.2, 0.25) is 0 Å². The van der Waals surface area contributed by atoms with Crippen LogP contribution in [-0.2, 0) is 17.6 Å². The Kier molecular flexibility index (Phi) is 2.32. The number of rotatable bonds is 0. The highest BCUT2D eigenvalue weighted by Gasteiger charge is 2.80. The Hall–Kier alpha value is -0.190. The van der Waals surface area contributed by atoms with Crippen molar-refractivity contribution in [2.45, 2.75) is 39.9 Å². The lowest BCUT2D eigenvalue weighted by atomic mass is 9.81. The van der Waals surface area contributed by atoms with Crippen molar-refractivity contribution in [2.75, 3.05) is 0 Å². The van der Waals surface area contributed by atoms with Crippen molar-refractivity contribution in [3.05, 3.63) is 35.4 Å². The monoisotopic (exact) mass is 384 g/mol. The molecule has 0 aliphatic heterocycles. The number of alkyl halides is 2. The molecule has 100 valence electrons. The highest BCUT2D eigenvalue weighted by atomic mass is 79.9. The van der Waals surface area contributed by atoms with E-state index in [0.717, 1.165) is 17.5 Å². The van der Waals surface area contributed by atoms with Gasteiger partial charge in [0.15, 0.2) is 0 Å². The summed E-state index contributed by atoms with van der Waals surface area (Å²) in [7, 11) is 0. The highest BCUT2D eigenvalue weighted by Crippen LogP contribution is 2.75. The van der Waals surface area contributed by atoms with Crippen molar-refractivity contribution < 1.29 is 9.90 Å². The zero-order chi connectivity index (χ0) is 13.5. The lowest BCUT2D eigenvalue weighted by Gasteiger charge is -2.31. The number of benzene rings is 1. The number of carbonyl (C=O) groups is 1. The smallest absolute Gasteiger partial charge is 0.144 e.